The maximum atomic E-state index is 10.5. The summed E-state index contributed by atoms with van der Waals surface area (Å²) in [5, 5.41) is 8.60. The Morgan fingerprint density at radius 2 is 2.19 bits per heavy atom. The van der Waals surface area contributed by atoms with Gasteiger partial charge in [0.05, 0.1) is 0 Å². The van der Waals surface area contributed by atoms with Crippen LogP contribution in [0.1, 0.15) is 19.4 Å². The molecule has 0 atom stereocenters. The zero-order valence-electron chi connectivity index (χ0n) is 9.55. The van der Waals surface area contributed by atoms with Crippen molar-refractivity contribution in [3.63, 3.8) is 0 Å². The summed E-state index contributed by atoms with van der Waals surface area (Å²) >= 11 is 0. The lowest BCUT2D eigenvalue weighted by molar-refractivity contribution is -0.131. The molecule has 0 aromatic carbocycles. The van der Waals surface area contributed by atoms with Crippen LogP contribution in [-0.4, -0.2) is 29.1 Å². The molecule has 16 heavy (non-hydrogen) atoms. The van der Waals surface area contributed by atoms with Crippen LogP contribution >= 0.6 is 0 Å². The summed E-state index contributed by atoms with van der Waals surface area (Å²) in [5.41, 5.74) is 0.827. The van der Waals surface area contributed by atoms with Crippen molar-refractivity contribution in [2.75, 3.05) is 18.0 Å². The van der Waals surface area contributed by atoms with Crippen LogP contribution < -0.4 is 4.90 Å². The monoisotopic (exact) mass is 220 g/mol. The van der Waals surface area contributed by atoms with Gasteiger partial charge in [0.25, 0.3) is 0 Å². The van der Waals surface area contributed by atoms with Gasteiger partial charge in [-0.05, 0) is 32.1 Å². The van der Waals surface area contributed by atoms with E-state index < -0.39 is 5.97 Å². The summed E-state index contributed by atoms with van der Waals surface area (Å²) in [4.78, 5) is 16.8. The molecule has 0 radical (unpaired) electrons. The van der Waals surface area contributed by atoms with E-state index in [9.17, 15) is 4.79 Å². The van der Waals surface area contributed by atoms with Gasteiger partial charge in [-0.15, -0.1) is 0 Å². The van der Waals surface area contributed by atoms with Crippen molar-refractivity contribution in [1.82, 2.24) is 4.98 Å². The fraction of sp³-hybridized carbons (Fsp3) is 0.333. The molecule has 0 unspecified atom stereocenters. The predicted octanol–water partition coefficient (Wildman–Crippen LogP) is 2.03. The van der Waals surface area contributed by atoms with Crippen molar-refractivity contribution in [3.05, 3.63) is 30.0 Å². The molecule has 0 amide bonds. The topological polar surface area (TPSA) is 53.4 Å². The number of anilines is 1. The third kappa shape index (κ3) is 3.08. The number of carboxylic acids is 1. The zero-order chi connectivity index (χ0) is 12.0. The van der Waals surface area contributed by atoms with E-state index in [4.69, 9.17) is 5.11 Å². The minimum absolute atomic E-state index is 0.824. The Bertz CT molecular complexity index is 384. The van der Waals surface area contributed by atoms with Gasteiger partial charge in [-0.3, -0.25) is 0 Å². The molecular weight excluding hydrogens is 204 g/mol. The highest BCUT2D eigenvalue weighted by molar-refractivity contribution is 5.86. The molecule has 1 N–H and O–H groups in total. The molecule has 1 aromatic rings. The first-order chi connectivity index (χ1) is 7.69. The van der Waals surface area contributed by atoms with Crippen molar-refractivity contribution >= 4 is 17.9 Å². The van der Waals surface area contributed by atoms with Crippen molar-refractivity contribution in [2.24, 2.45) is 0 Å². The Hall–Kier alpha value is -1.84. The summed E-state index contributed by atoms with van der Waals surface area (Å²) in [7, 11) is 0. The van der Waals surface area contributed by atoms with Gasteiger partial charge < -0.3 is 10.0 Å². The van der Waals surface area contributed by atoms with Crippen LogP contribution in [0.2, 0.25) is 0 Å². The highest BCUT2D eigenvalue weighted by Crippen LogP contribution is 2.18. The SMILES string of the molecule is CCN(CC)c1ncccc1/C=C/C(=O)O. The van der Waals surface area contributed by atoms with Gasteiger partial charge in [0, 0.05) is 30.9 Å². The third-order valence-corrected chi connectivity index (χ3v) is 2.29. The molecule has 0 aliphatic rings. The first-order valence-corrected chi connectivity index (χ1v) is 5.30. The molecular formula is C12H16N2O2. The highest BCUT2D eigenvalue weighted by atomic mass is 16.4. The third-order valence-electron chi connectivity index (χ3n) is 2.29. The van der Waals surface area contributed by atoms with E-state index in [0.717, 1.165) is 30.5 Å². The van der Waals surface area contributed by atoms with E-state index in [1.807, 2.05) is 19.9 Å². The normalized spacial score (nSPS) is 10.6. The number of carboxylic acid groups (broad SMARTS) is 1. The number of pyridine rings is 1. The van der Waals surface area contributed by atoms with Gasteiger partial charge in [-0.1, -0.05) is 0 Å². The summed E-state index contributed by atoms with van der Waals surface area (Å²) in [5.74, 6) is -0.126. The fourth-order valence-electron chi connectivity index (χ4n) is 1.49. The standard InChI is InChI=1S/C12H16N2O2/c1-3-14(4-2)12-10(6-5-9-13-12)7-8-11(15)16/h5-9H,3-4H2,1-2H3,(H,15,16)/b8-7+. The number of hydrogen-bond acceptors (Lipinski definition) is 3. The molecule has 1 rings (SSSR count). The largest absolute Gasteiger partial charge is 0.478 e. The first-order valence-electron chi connectivity index (χ1n) is 5.30. The Kier molecular flexibility index (Phi) is 4.51. The first kappa shape index (κ1) is 12.2. The Morgan fingerprint density at radius 3 is 2.75 bits per heavy atom. The Morgan fingerprint density at radius 1 is 1.50 bits per heavy atom. The highest BCUT2D eigenvalue weighted by Gasteiger charge is 2.06. The Labute approximate surface area is 95.2 Å². The average molecular weight is 220 g/mol. The second-order valence-electron chi connectivity index (χ2n) is 3.26. The van der Waals surface area contributed by atoms with E-state index >= 15 is 0 Å². The van der Waals surface area contributed by atoms with E-state index in [1.165, 1.54) is 0 Å². The van der Waals surface area contributed by atoms with Gasteiger partial charge in [0.2, 0.25) is 0 Å². The lowest BCUT2D eigenvalue weighted by Crippen LogP contribution is -2.23. The zero-order valence-corrected chi connectivity index (χ0v) is 9.55. The number of carbonyl (C=O) groups is 1. The van der Waals surface area contributed by atoms with Crippen molar-refractivity contribution in [2.45, 2.75) is 13.8 Å². The number of nitrogens with zero attached hydrogens (tertiary/aromatic N) is 2. The van der Waals surface area contributed by atoms with Gasteiger partial charge >= 0.3 is 5.97 Å². The van der Waals surface area contributed by atoms with Gasteiger partial charge in [0.15, 0.2) is 0 Å². The number of aliphatic carboxylic acids is 1. The second kappa shape index (κ2) is 5.90. The summed E-state index contributed by atoms with van der Waals surface area (Å²) in [6.07, 6.45) is 4.42. The molecule has 0 bridgehead atoms. The molecule has 0 saturated heterocycles. The van der Waals surface area contributed by atoms with Gasteiger partial charge in [-0.2, -0.15) is 0 Å². The summed E-state index contributed by atoms with van der Waals surface area (Å²) in [6.45, 7) is 5.79. The quantitative estimate of drug-likeness (QED) is 0.771. The number of aromatic nitrogens is 1. The number of hydrogen-bond donors (Lipinski definition) is 1. The van der Waals surface area contributed by atoms with Gasteiger partial charge in [0.1, 0.15) is 5.82 Å². The van der Waals surface area contributed by atoms with Crippen LogP contribution in [0.5, 0.6) is 0 Å². The smallest absolute Gasteiger partial charge is 0.328 e. The van der Waals surface area contributed by atoms with E-state index in [1.54, 1.807) is 18.3 Å². The van der Waals surface area contributed by atoms with E-state index in [0.29, 0.717) is 0 Å². The second-order valence-corrected chi connectivity index (χ2v) is 3.26. The summed E-state index contributed by atoms with van der Waals surface area (Å²) < 4.78 is 0. The van der Waals surface area contributed by atoms with Crippen molar-refractivity contribution in [3.8, 4) is 0 Å². The maximum Gasteiger partial charge on any atom is 0.328 e. The van der Waals surface area contributed by atoms with Gasteiger partial charge in [-0.25, -0.2) is 9.78 Å². The molecule has 86 valence electrons. The van der Waals surface area contributed by atoms with Crippen LogP contribution in [0, 0.1) is 0 Å². The molecule has 0 saturated carbocycles. The molecule has 1 heterocycles. The number of rotatable bonds is 5. The fourth-order valence-corrected chi connectivity index (χ4v) is 1.49. The predicted molar refractivity (Wildman–Crippen MR) is 64.5 cm³/mol. The molecule has 1 aromatic heterocycles. The van der Waals surface area contributed by atoms with Crippen LogP contribution in [0.15, 0.2) is 24.4 Å². The minimum atomic E-state index is -0.950. The van der Waals surface area contributed by atoms with E-state index in [-0.39, 0.29) is 0 Å². The lowest BCUT2D eigenvalue weighted by atomic mass is 10.2. The summed E-state index contributed by atoms with van der Waals surface area (Å²) in [6, 6.07) is 3.66. The average Bonchev–Trinajstić information content (AvgIpc) is 2.29. The molecule has 0 aliphatic carbocycles. The minimum Gasteiger partial charge on any atom is -0.478 e. The van der Waals surface area contributed by atoms with Crippen LogP contribution in [0.3, 0.4) is 0 Å². The molecule has 4 nitrogen and oxygen atoms in total. The maximum absolute atomic E-state index is 10.5. The van der Waals surface area contributed by atoms with E-state index in [2.05, 4.69) is 9.88 Å². The molecule has 0 spiro atoms. The van der Waals surface area contributed by atoms with Crippen molar-refractivity contribution in [1.29, 1.82) is 0 Å². The molecule has 0 aliphatic heterocycles. The lowest BCUT2D eigenvalue weighted by Gasteiger charge is -2.21. The molecule has 4 heteroatoms. The Balaban J connectivity index is 3.04. The molecule has 0 fully saturated rings. The van der Waals surface area contributed by atoms with Crippen molar-refractivity contribution < 1.29 is 9.90 Å². The van der Waals surface area contributed by atoms with Crippen LogP contribution in [0.4, 0.5) is 5.82 Å². The van der Waals surface area contributed by atoms with Crippen LogP contribution in [0.25, 0.3) is 6.08 Å². The van der Waals surface area contributed by atoms with Crippen LogP contribution in [-0.2, 0) is 4.79 Å².